The number of para-hydroxylation sites is 1. The number of aromatic nitrogens is 1. The first-order chi connectivity index (χ1) is 16.5. The van der Waals surface area contributed by atoms with Gasteiger partial charge in [0.2, 0.25) is 15.9 Å². The molecule has 180 valence electrons. The third-order valence-electron chi connectivity index (χ3n) is 6.74. The van der Waals surface area contributed by atoms with Gasteiger partial charge in [-0.05, 0) is 36.6 Å². The molecule has 3 aromatic rings. The minimum absolute atomic E-state index is 0.0254. The van der Waals surface area contributed by atoms with Crippen LogP contribution in [0.4, 0.5) is 0 Å². The smallest absolute Gasteiger partial charge is 0.243 e. The fraction of sp³-hybridized carbons (Fsp3) is 0.440. The Kier molecular flexibility index (Phi) is 6.96. The van der Waals surface area contributed by atoms with E-state index in [1.807, 2.05) is 24.3 Å². The number of carbonyl (C=O) groups excluding carboxylic acids is 1. The minimum Gasteiger partial charge on any atom is -0.379 e. The Balaban J connectivity index is 1.32. The van der Waals surface area contributed by atoms with E-state index in [1.54, 1.807) is 29.5 Å². The van der Waals surface area contributed by atoms with Crippen LogP contribution in [0.15, 0.2) is 53.4 Å². The van der Waals surface area contributed by atoms with Crippen molar-refractivity contribution in [2.75, 3.05) is 26.3 Å². The highest BCUT2D eigenvalue weighted by Crippen LogP contribution is 2.41. The van der Waals surface area contributed by atoms with Gasteiger partial charge in [0.1, 0.15) is 0 Å². The van der Waals surface area contributed by atoms with E-state index in [-0.39, 0.29) is 29.2 Å². The van der Waals surface area contributed by atoms with E-state index in [1.165, 1.54) is 4.31 Å². The number of ether oxygens (including phenoxy) is 1. The van der Waals surface area contributed by atoms with Crippen LogP contribution in [-0.4, -0.2) is 49.9 Å². The van der Waals surface area contributed by atoms with E-state index >= 15 is 0 Å². The van der Waals surface area contributed by atoms with Crippen molar-refractivity contribution in [3.05, 3.63) is 59.1 Å². The van der Waals surface area contributed by atoms with E-state index < -0.39 is 10.0 Å². The molecule has 2 heterocycles. The first-order valence-corrected chi connectivity index (χ1v) is 14.1. The summed E-state index contributed by atoms with van der Waals surface area (Å²) in [5.41, 5.74) is 1.59. The highest BCUT2D eigenvalue weighted by Gasteiger charge is 2.34. The van der Waals surface area contributed by atoms with Crippen LogP contribution < -0.4 is 5.32 Å². The summed E-state index contributed by atoms with van der Waals surface area (Å²) in [6, 6.07) is 15.0. The molecule has 1 saturated carbocycles. The fourth-order valence-corrected chi connectivity index (χ4v) is 7.73. The molecular formula is C25H29N3O4S2. The third kappa shape index (κ3) is 4.75. The number of nitrogens with one attached hydrogen (secondary N) is 1. The van der Waals surface area contributed by atoms with Gasteiger partial charge in [0.15, 0.2) is 0 Å². The summed E-state index contributed by atoms with van der Waals surface area (Å²) >= 11 is 1.67. The summed E-state index contributed by atoms with van der Waals surface area (Å²) < 4.78 is 34.4. The second-order valence-corrected chi connectivity index (χ2v) is 11.8. The van der Waals surface area contributed by atoms with Crippen molar-refractivity contribution >= 4 is 37.5 Å². The average molecular weight is 500 g/mol. The summed E-state index contributed by atoms with van der Waals surface area (Å²) in [5, 5.41) is 4.07. The Morgan fingerprint density at radius 1 is 1.06 bits per heavy atom. The van der Waals surface area contributed by atoms with Gasteiger partial charge < -0.3 is 10.1 Å². The number of fused-ring (bicyclic) bond motifs is 1. The van der Waals surface area contributed by atoms with Crippen molar-refractivity contribution in [3.8, 4) is 0 Å². The molecule has 2 unspecified atom stereocenters. The van der Waals surface area contributed by atoms with Crippen LogP contribution in [0.3, 0.4) is 0 Å². The van der Waals surface area contributed by atoms with Crippen LogP contribution >= 0.6 is 11.3 Å². The lowest BCUT2D eigenvalue weighted by Gasteiger charge is -2.29. The molecule has 5 rings (SSSR count). The molecule has 0 bridgehead atoms. The zero-order valence-corrected chi connectivity index (χ0v) is 20.6. The number of carbonyl (C=O) groups is 1. The van der Waals surface area contributed by atoms with Crippen molar-refractivity contribution in [2.45, 2.75) is 43.0 Å². The van der Waals surface area contributed by atoms with E-state index in [9.17, 15) is 13.2 Å². The predicted octanol–water partition coefficient (Wildman–Crippen LogP) is 3.91. The standard InChI is InChI=1S/C25H29N3O4S2/c29-24(19-8-2-3-9-20(19)25-27-21-10-4-5-11-22(21)33-25)26-17-18-7-1-6-12-23(18)34(30,31)28-13-15-32-16-14-28/h1,4-7,10-12,19-20H,2-3,8-9,13-17H2,(H,26,29). The molecule has 1 amide bonds. The molecular weight excluding hydrogens is 470 g/mol. The van der Waals surface area contributed by atoms with E-state index in [2.05, 4.69) is 11.4 Å². The monoisotopic (exact) mass is 499 g/mol. The summed E-state index contributed by atoms with van der Waals surface area (Å²) in [6.45, 7) is 1.66. The number of thiazole rings is 1. The van der Waals surface area contributed by atoms with E-state index in [0.717, 1.165) is 40.9 Å². The highest BCUT2D eigenvalue weighted by molar-refractivity contribution is 7.89. The predicted molar refractivity (Wildman–Crippen MR) is 132 cm³/mol. The van der Waals surface area contributed by atoms with Crippen molar-refractivity contribution < 1.29 is 17.9 Å². The number of hydrogen-bond donors (Lipinski definition) is 1. The second kappa shape index (κ2) is 10.1. The molecule has 1 N–H and O–H groups in total. The first kappa shape index (κ1) is 23.4. The molecule has 2 atom stereocenters. The normalized spacial score (nSPS) is 22.0. The zero-order valence-electron chi connectivity index (χ0n) is 19.0. The van der Waals surface area contributed by atoms with Crippen LogP contribution in [0.1, 0.15) is 42.2 Å². The Labute approximate surface area is 204 Å². The third-order valence-corrected chi connectivity index (χ3v) is 9.91. The summed E-state index contributed by atoms with van der Waals surface area (Å²) in [6.07, 6.45) is 3.87. The van der Waals surface area contributed by atoms with Crippen molar-refractivity contribution in [1.82, 2.24) is 14.6 Å². The lowest BCUT2D eigenvalue weighted by molar-refractivity contribution is -0.126. The molecule has 1 aliphatic carbocycles. The molecule has 34 heavy (non-hydrogen) atoms. The van der Waals surface area contributed by atoms with Crippen LogP contribution in [0, 0.1) is 5.92 Å². The lowest BCUT2D eigenvalue weighted by Crippen LogP contribution is -2.41. The number of morpholine rings is 1. The lowest BCUT2D eigenvalue weighted by atomic mass is 9.79. The van der Waals surface area contributed by atoms with E-state index in [4.69, 9.17) is 9.72 Å². The molecule has 1 aromatic heterocycles. The van der Waals surface area contributed by atoms with Gasteiger partial charge in [-0.25, -0.2) is 13.4 Å². The van der Waals surface area contributed by atoms with Crippen LogP contribution in [0.2, 0.25) is 0 Å². The first-order valence-electron chi connectivity index (χ1n) is 11.8. The summed E-state index contributed by atoms with van der Waals surface area (Å²) in [5.74, 6) is -0.0849. The molecule has 2 aliphatic rings. The van der Waals surface area contributed by atoms with Gasteiger partial charge in [0.25, 0.3) is 0 Å². The Morgan fingerprint density at radius 3 is 2.62 bits per heavy atom. The minimum atomic E-state index is -3.64. The average Bonchev–Trinajstić information content (AvgIpc) is 3.32. The molecule has 1 aliphatic heterocycles. The molecule has 2 fully saturated rings. The van der Waals surface area contributed by atoms with Gasteiger partial charge in [0.05, 0.1) is 33.3 Å². The van der Waals surface area contributed by atoms with Crippen molar-refractivity contribution in [2.24, 2.45) is 5.92 Å². The number of benzene rings is 2. The molecule has 1 saturated heterocycles. The van der Waals surface area contributed by atoms with Crippen molar-refractivity contribution in [1.29, 1.82) is 0 Å². The van der Waals surface area contributed by atoms with Crippen LogP contribution in [-0.2, 0) is 26.1 Å². The largest absolute Gasteiger partial charge is 0.379 e. The maximum absolute atomic E-state index is 13.3. The maximum Gasteiger partial charge on any atom is 0.243 e. The molecule has 0 spiro atoms. The molecule has 7 nitrogen and oxygen atoms in total. The molecule has 9 heteroatoms. The Morgan fingerprint density at radius 2 is 1.79 bits per heavy atom. The Bertz CT molecular complexity index is 1230. The summed E-state index contributed by atoms with van der Waals surface area (Å²) in [4.78, 5) is 18.4. The number of amides is 1. The number of sulfonamides is 1. The zero-order chi connectivity index (χ0) is 23.5. The second-order valence-electron chi connectivity index (χ2n) is 8.86. The summed E-state index contributed by atoms with van der Waals surface area (Å²) in [7, 11) is -3.64. The SMILES string of the molecule is O=C(NCc1ccccc1S(=O)(=O)N1CCOCC1)C1CCCCC1c1nc2ccccc2s1. The van der Waals surface area contributed by atoms with Gasteiger partial charge >= 0.3 is 0 Å². The molecule has 2 aromatic carbocycles. The fourth-order valence-electron chi connectivity index (χ4n) is 4.93. The van der Waals surface area contributed by atoms with Crippen LogP contribution in [0.5, 0.6) is 0 Å². The van der Waals surface area contributed by atoms with Gasteiger partial charge in [-0.3, -0.25) is 4.79 Å². The van der Waals surface area contributed by atoms with Gasteiger partial charge in [0, 0.05) is 31.5 Å². The quantitative estimate of drug-likeness (QED) is 0.556. The number of hydrogen-bond acceptors (Lipinski definition) is 6. The highest BCUT2D eigenvalue weighted by atomic mass is 32.2. The van der Waals surface area contributed by atoms with E-state index in [0.29, 0.717) is 31.9 Å². The Hall–Kier alpha value is -2.33. The van der Waals surface area contributed by atoms with Crippen LogP contribution in [0.25, 0.3) is 10.2 Å². The van der Waals surface area contributed by atoms with Crippen molar-refractivity contribution in [3.63, 3.8) is 0 Å². The van der Waals surface area contributed by atoms with Gasteiger partial charge in [-0.1, -0.05) is 43.2 Å². The maximum atomic E-state index is 13.3. The van der Waals surface area contributed by atoms with Gasteiger partial charge in [-0.15, -0.1) is 11.3 Å². The number of rotatable bonds is 6. The molecule has 0 radical (unpaired) electrons. The van der Waals surface area contributed by atoms with Gasteiger partial charge in [-0.2, -0.15) is 4.31 Å². The number of nitrogens with zero attached hydrogens (tertiary/aromatic N) is 2. The topological polar surface area (TPSA) is 88.6 Å².